The van der Waals surface area contributed by atoms with Crippen LogP contribution in [0.3, 0.4) is 0 Å². The van der Waals surface area contributed by atoms with Gasteiger partial charge in [-0.3, -0.25) is 14.3 Å². The van der Waals surface area contributed by atoms with Crippen LogP contribution in [0.4, 0.5) is 0 Å². The fourth-order valence-electron chi connectivity index (χ4n) is 3.27. The number of ether oxygens (including phenoxy) is 2. The quantitative estimate of drug-likeness (QED) is 0.800. The minimum Gasteiger partial charge on any atom is -0.381 e. The Hall–Kier alpha value is -1.93. The van der Waals surface area contributed by atoms with Gasteiger partial charge in [-0.2, -0.15) is 5.10 Å². The van der Waals surface area contributed by atoms with E-state index >= 15 is 0 Å². The summed E-state index contributed by atoms with van der Waals surface area (Å²) in [5.74, 6) is 0.260. The molecule has 8 nitrogen and oxygen atoms in total. The monoisotopic (exact) mass is 350 g/mol. The van der Waals surface area contributed by atoms with Crippen molar-refractivity contribution in [3.8, 4) is 0 Å². The molecule has 0 aliphatic carbocycles. The molecule has 2 amide bonds. The highest BCUT2D eigenvalue weighted by molar-refractivity contribution is 5.83. The third-order valence-electron chi connectivity index (χ3n) is 4.78. The van der Waals surface area contributed by atoms with Crippen molar-refractivity contribution < 1.29 is 19.1 Å². The van der Waals surface area contributed by atoms with E-state index in [9.17, 15) is 9.59 Å². The van der Waals surface area contributed by atoms with Gasteiger partial charge in [-0.05, 0) is 31.7 Å². The van der Waals surface area contributed by atoms with Gasteiger partial charge in [-0.1, -0.05) is 0 Å². The van der Waals surface area contributed by atoms with Crippen molar-refractivity contribution in [2.24, 2.45) is 5.92 Å². The molecule has 1 unspecified atom stereocenters. The van der Waals surface area contributed by atoms with Gasteiger partial charge < -0.3 is 19.7 Å². The maximum Gasteiger partial charge on any atom is 0.249 e. The summed E-state index contributed by atoms with van der Waals surface area (Å²) in [6, 6.07) is 1.35. The Morgan fingerprint density at radius 3 is 2.96 bits per heavy atom. The Morgan fingerprint density at radius 2 is 2.20 bits per heavy atom. The van der Waals surface area contributed by atoms with Crippen LogP contribution in [0.2, 0.25) is 0 Å². The molecule has 0 saturated carbocycles. The van der Waals surface area contributed by atoms with Gasteiger partial charge in [-0.15, -0.1) is 0 Å². The Balaban J connectivity index is 1.62. The fraction of sp³-hybridized carbons (Fsp3) is 0.706. The Kier molecular flexibility index (Phi) is 6.04. The lowest BCUT2D eigenvalue weighted by molar-refractivity contribution is -0.139. The summed E-state index contributed by atoms with van der Waals surface area (Å²) in [7, 11) is 0. The van der Waals surface area contributed by atoms with Gasteiger partial charge in [0, 0.05) is 32.6 Å². The molecule has 1 atom stereocenters. The van der Waals surface area contributed by atoms with E-state index in [1.54, 1.807) is 15.8 Å². The molecule has 138 valence electrons. The van der Waals surface area contributed by atoms with Crippen LogP contribution in [-0.2, 0) is 25.6 Å². The normalized spacial score (nSPS) is 21.0. The SMILES string of the molecule is CCOCC(=O)N1Cc2ccnn2C(C(=O)NCC2CCOCC2)C1. The summed E-state index contributed by atoms with van der Waals surface area (Å²) in [6.45, 7) is 5.32. The molecule has 0 spiro atoms. The van der Waals surface area contributed by atoms with Crippen LogP contribution in [0.15, 0.2) is 12.3 Å². The van der Waals surface area contributed by atoms with Crippen LogP contribution in [0.5, 0.6) is 0 Å². The molecule has 0 radical (unpaired) electrons. The Labute approximate surface area is 147 Å². The number of nitrogens with one attached hydrogen (secondary N) is 1. The second-order valence-corrected chi connectivity index (χ2v) is 6.50. The number of nitrogens with zero attached hydrogens (tertiary/aromatic N) is 3. The van der Waals surface area contributed by atoms with Crippen LogP contribution >= 0.6 is 0 Å². The maximum absolute atomic E-state index is 12.7. The first kappa shape index (κ1) is 17.9. The third-order valence-corrected chi connectivity index (χ3v) is 4.78. The summed E-state index contributed by atoms with van der Waals surface area (Å²) >= 11 is 0. The number of hydrogen-bond donors (Lipinski definition) is 1. The van der Waals surface area contributed by atoms with E-state index in [1.165, 1.54) is 0 Å². The predicted octanol–water partition coefficient (Wildman–Crippen LogP) is 0.346. The van der Waals surface area contributed by atoms with Crippen LogP contribution in [0, 0.1) is 5.92 Å². The van der Waals surface area contributed by atoms with Crippen LogP contribution < -0.4 is 5.32 Å². The zero-order valence-corrected chi connectivity index (χ0v) is 14.6. The first-order valence-corrected chi connectivity index (χ1v) is 8.92. The van der Waals surface area contributed by atoms with Crippen molar-refractivity contribution >= 4 is 11.8 Å². The standard InChI is InChI=1S/C17H26N4O4/c1-2-24-12-16(22)20-10-14-3-6-19-21(14)15(11-20)17(23)18-9-13-4-7-25-8-5-13/h3,6,13,15H,2,4-5,7-12H2,1H3,(H,18,23). The van der Waals surface area contributed by atoms with Crippen LogP contribution in [0.25, 0.3) is 0 Å². The summed E-state index contributed by atoms with van der Waals surface area (Å²) in [6.07, 6.45) is 3.61. The highest BCUT2D eigenvalue weighted by Gasteiger charge is 2.33. The molecule has 8 heteroatoms. The Morgan fingerprint density at radius 1 is 1.40 bits per heavy atom. The van der Waals surface area contributed by atoms with Crippen molar-refractivity contribution in [2.45, 2.75) is 32.4 Å². The van der Waals surface area contributed by atoms with Crippen molar-refractivity contribution in [3.05, 3.63) is 18.0 Å². The number of aromatic nitrogens is 2. The zero-order valence-electron chi connectivity index (χ0n) is 14.6. The minimum atomic E-state index is -0.496. The van der Waals surface area contributed by atoms with Gasteiger partial charge in [0.2, 0.25) is 11.8 Å². The number of carbonyl (C=O) groups is 2. The molecule has 1 fully saturated rings. The first-order valence-electron chi connectivity index (χ1n) is 8.92. The number of carbonyl (C=O) groups excluding carboxylic acids is 2. The van der Waals surface area contributed by atoms with E-state index in [4.69, 9.17) is 9.47 Å². The molecule has 25 heavy (non-hydrogen) atoms. The van der Waals surface area contributed by atoms with Gasteiger partial charge >= 0.3 is 0 Å². The zero-order chi connectivity index (χ0) is 17.6. The van der Waals surface area contributed by atoms with E-state index in [-0.39, 0.29) is 18.4 Å². The second-order valence-electron chi connectivity index (χ2n) is 6.50. The highest BCUT2D eigenvalue weighted by atomic mass is 16.5. The highest BCUT2D eigenvalue weighted by Crippen LogP contribution is 2.21. The molecule has 1 aromatic heterocycles. The molecule has 2 aliphatic heterocycles. The summed E-state index contributed by atoms with van der Waals surface area (Å²) in [4.78, 5) is 26.7. The van der Waals surface area contributed by atoms with E-state index < -0.39 is 6.04 Å². The fourth-order valence-corrected chi connectivity index (χ4v) is 3.27. The molecular formula is C17H26N4O4. The minimum absolute atomic E-state index is 0.0427. The van der Waals surface area contributed by atoms with Gasteiger partial charge in [0.15, 0.2) is 0 Å². The molecule has 2 aliphatic rings. The lowest BCUT2D eigenvalue weighted by Gasteiger charge is -2.33. The van der Waals surface area contributed by atoms with Crippen molar-refractivity contribution in [2.75, 3.05) is 39.5 Å². The Bertz CT molecular complexity index is 597. The van der Waals surface area contributed by atoms with E-state index in [0.29, 0.717) is 32.2 Å². The van der Waals surface area contributed by atoms with E-state index in [2.05, 4.69) is 10.4 Å². The molecule has 0 bridgehead atoms. The molecule has 3 heterocycles. The number of amides is 2. The molecule has 0 aromatic carbocycles. The van der Waals surface area contributed by atoms with Crippen molar-refractivity contribution in [1.29, 1.82) is 0 Å². The van der Waals surface area contributed by atoms with Gasteiger partial charge in [0.25, 0.3) is 0 Å². The van der Waals surface area contributed by atoms with Gasteiger partial charge in [-0.25, -0.2) is 0 Å². The molecule has 3 rings (SSSR count). The summed E-state index contributed by atoms with van der Waals surface area (Å²) in [5, 5.41) is 7.31. The first-order chi connectivity index (χ1) is 12.2. The topological polar surface area (TPSA) is 85.7 Å². The third kappa shape index (κ3) is 4.38. The predicted molar refractivity (Wildman–Crippen MR) is 89.7 cm³/mol. The van der Waals surface area contributed by atoms with Crippen molar-refractivity contribution in [3.63, 3.8) is 0 Å². The van der Waals surface area contributed by atoms with Gasteiger partial charge in [0.05, 0.1) is 18.8 Å². The second kappa shape index (κ2) is 8.44. The lowest BCUT2D eigenvalue weighted by Crippen LogP contribution is -2.48. The average molecular weight is 350 g/mol. The number of rotatable bonds is 6. The number of hydrogen-bond acceptors (Lipinski definition) is 5. The van der Waals surface area contributed by atoms with Gasteiger partial charge in [0.1, 0.15) is 12.6 Å². The van der Waals surface area contributed by atoms with E-state index in [1.807, 2.05) is 13.0 Å². The van der Waals surface area contributed by atoms with Crippen LogP contribution in [-0.4, -0.2) is 66.0 Å². The molecular weight excluding hydrogens is 324 g/mol. The number of fused-ring (bicyclic) bond motifs is 1. The summed E-state index contributed by atoms with van der Waals surface area (Å²) in [5.41, 5.74) is 0.863. The molecule has 1 aromatic rings. The average Bonchev–Trinajstić information content (AvgIpc) is 3.12. The van der Waals surface area contributed by atoms with Crippen molar-refractivity contribution in [1.82, 2.24) is 20.0 Å². The van der Waals surface area contributed by atoms with E-state index in [0.717, 1.165) is 31.7 Å². The summed E-state index contributed by atoms with van der Waals surface area (Å²) < 4.78 is 12.3. The maximum atomic E-state index is 12.7. The van der Waals surface area contributed by atoms with Crippen LogP contribution in [0.1, 0.15) is 31.5 Å². The molecule has 1 N–H and O–H groups in total. The largest absolute Gasteiger partial charge is 0.381 e. The molecule has 1 saturated heterocycles. The lowest BCUT2D eigenvalue weighted by atomic mass is 10.0. The smallest absolute Gasteiger partial charge is 0.249 e.